The van der Waals surface area contributed by atoms with Gasteiger partial charge >= 0.3 is 12.0 Å². The first-order valence-electron chi connectivity index (χ1n) is 12.0. The Morgan fingerprint density at radius 2 is 1.94 bits per heavy atom. The van der Waals surface area contributed by atoms with Gasteiger partial charge in [-0.1, -0.05) is 51.5 Å². The molecule has 8 nitrogen and oxygen atoms in total. The van der Waals surface area contributed by atoms with Crippen LogP contribution in [0.3, 0.4) is 0 Å². The molecule has 2 N–H and O–H groups in total. The van der Waals surface area contributed by atoms with E-state index in [4.69, 9.17) is 13.9 Å². The second-order valence-corrected chi connectivity index (χ2v) is 9.97. The van der Waals surface area contributed by atoms with E-state index in [1.165, 1.54) is 13.4 Å². The maximum absolute atomic E-state index is 13.1. The van der Waals surface area contributed by atoms with E-state index < -0.39 is 35.6 Å². The van der Waals surface area contributed by atoms with Crippen LogP contribution in [0.15, 0.2) is 40.1 Å². The van der Waals surface area contributed by atoms with Gasteiger partial charge in [-0.05, 0) is 31.9 Å². The number of oxazole rings is 1. The molecule has 5 atom stereocenters. The van der Waals surface area contributed by atoms with Crippen molar-refractivity contribution in [3.8, 4) is 6.08 Å². The van der Waals surface area contributed by atoms with Crippen LogP contribution in [0.25, 0.3) is 6.08 Å². The van der Waals surface area contributed by atoms with Gasteiger partial charge in [-0.2, -0.15) is 4.98 Å². The minimum atomic E-state index is -1.27. The van der Waals surface area contributed by atoms with Gasteiger partial charge in [0.15, 0.2) is 0 Å². The lowest BCUT2D eigenvalue weighted by molar-refractivity contribution is -0.154. The molecule has 0 bridgehead atoms. The van der Waals surface area contributed by atoms with Crippen molar-refractivity contribution < 1.29 is 33.7 Å². The number of nitrogens with zero attached hydrogens (tertiary/aromatic N) is 1. The van der Waals surface area contributed by atoms with Crippen molar-refractivity contribution in [1.29, 1.82) is 0 Å². The highest BCUT2D eigenvalue weighted by atomic mass is 16.6. The van der Waals surface area contributed by atoms with Gasteiger partial charge in [0, 0.05) is 18.3 Å². The van der Waals surface area contributed by atoms with Crippen LogP contribution in [0.2, 0.25) is 0 Å². The Morgan fingerprint density at radius 1 is 1.26 bits per heavy atom. The average Bonchev–Trinajstić information content (AvgIpc) is 3.26. The molecule has 0 saturated heterocycles. The summed E-state index contributed by atoms with van der Waals surface area (Å²) >= 11 is 0. The molecule has 1 aromatic heterocycles. The fraction of sp³-hybridized carbons (Fsp3) is 0.593. The normalized spacial score (nSPS) is 31.9. The van der Waals surface area contributed by atoms with E-state index in [0.717, 1.165) is 11.1 Å². The second kappa shape index (κ2) is 12.3. The number of aliphatic hydroxyl groups excluding tert-OH is 2. The molecule has 1 aliphatic rings. The Balaban J connectivity index is 2.37. The van der Waals surface area contributed by atoms with Crippen LogP contribution in [0.4, 0.5) is 0 Å². The van der Waals surface area contributed by atoms with E-state index in [9.17, 15) is 19.8 Å². The van der Waals surface area contributed by atoms with Crippen LogP contribution < -0.4 is 4.74 Å². The molecule has 0 aliphatic carbocycles. The van der Waals surface area contributed by atoms with E-state index in [0.29, 0.717) is 18.5 Å². The highest BCUT2D eigenvalue weighted by molar-refractivity contribution is 5.88. The lowest BCUT2D eigenvalue weighted by Crippen LogP contribution is -2.45. The Hall–Kier alpha value is -2.71. The molecule has 194 valence electrons. The number of aliphatic hydroxyl groups is 2. The van der Waals surface area contributed by atoms with Gasteiger partial charge < -0.3 is 24.1 Å². The fourth-order valence-corrected chi connectivity index (χ4v) is 4.04. The lowest BCUT2D eigenvalue weighted by atomic mass is 9.73. The summed E-state index contributed by atoms with van der Waals surface area (Å²) in [7, 11) is 1.46. The number of esters is 1. The van der Waals surface area contributed by atoms with E-state index in [1.807, 2.05) is 39.0 Å². The summed E-state index contributed by atoms with van der Waals surface area (Å²) in [5, 5.41) is 21.5. The van der Waals surface area contributed by atoms with Crippen molar-refractivity contribution in [2.24, 2.45) is 17.3 Å². The number of allylic oxidation sites excluding steroid dienone is 2. The van der Waals surface area contributed by atoms with Gasteiger partial charge in [0.1, 0.15) is 23.8 Å². The van der Waals surface area contributed by atoms with Gasteiger partial charge in [-0.25, -0.2) is 0 Å². The number of methoxy groups -OCH3 is 1. The number of carbonyl (C=O) groups excluding carboxylic acids is 2. The summed E-state index contributed by atoms with van der Waals surface area (Å²) in [6.07, 6.45) is 7.18. The summed E-state index contributed by atoms with van der Waals surface area (Å²) in [6, 6.07) is 0. The summed E-state index contributed by atoms with van der Waals surface area (Å²) in [4.78, 5) is 30.1. The molecule has 35 heavy (non-hydrogen) atoms. The Labute approximate surface area is 207 Å². The number of carbonyl (C=O) groups is 2. The highest BCUT2D eigenvalue weighted by Crippen LogP contribution is 2.31. The molecule has 8 heteroatoms. The van der Waals surface area contributed by atoms with Crippen molar-refractivity contribution in [1.82, 2.24) is 4.98 Å². The summed E-state index contributed by atoms with van der Waals surface area (Å²) < 4.78 is 15.9. The van der Waals surface area contributed by atoms with E-state index in [2.05, 4.69) is 4.98 Å². The molecule has 2 rings (SSSR count). The predicted octanol–water partition coefficient (Wildman–Crippen LogP) is 4.27. The van der Waals surface area contributed by atoms with Gasteiger partial charge in [-0.15, -0.1) is 0 Å². The maximum atomic E-state index is 13.1. The highest BCUT2D eigenvalue weighted by Gasteiger charge is 2.42. The van der Waals surface area contributed by atoms with Crippen LogP contribution in [0.1, 0.15) is 66.5 Å². The van der Waals surface area contributed by atoms with Crippen LogP contribution in [0.5, 0.6) is 6.08 Å². The van der Waals surface area contributed by atoms with Crippen LogP contribution >= 0.6 is 0 Å². The second-order valence-electron chi connectivity index (χ2n) is 9.97. The summed E-state index contributed by atoms with van der Waals surface area (Å²) in [6.45, 7) is 10.5. The van der Waals surface area contributed by atoms with E-state index in [1.54, 1.807) is 26.8 Å². The third-order valence-corrected chi connectivity index (χ3v) is 6.69. The third-order valence-electron chi connectivity index (χ3n) is 6.69. The molecule has 0 amide bonds. The Morgan fingerprint density at radius 3 is 2.57 bits per heavy atom. The van der Waals surface area contributed by atoms with Crippen LogP contribution in [-0.2, 0) is 14.3 Å². The summed E-state index contributed by atoms with van der Waals surface area (Å²) in [5.74, 6) is -1.88. The zero-order chi connectivity index (χ0) is 26.3. The minimum Gasteiger partial charge on any atom is -0.457 e. The monoisotopic (exact) mass is 489 g/mol. The van der Waals surface area contributed by atoms with Crippen molar-refractivity contribution in [3.05, 3.63) is 41.3 Å². The molecule has 0 fully saturated rings. The first-order valence-corrected chi connectivity index (χ1v) is 12.0. The molecular weight excluding hydrogens is 450 g/mol. The van der Waals surface area contributed by atoms with Crippen molar-refractivity contribution >= 4 is 17.8 Å². The molecule has 1 aliphatic heterocycles. The van der Waals surface area contributed by atoms with Gasteiger partial charge in [0.05, 0.1) is 31.2 Å². The predicted molar refractivity (Wildman–Crippen MR) is 132 cm³/mol. The SMILES string of the molecule is COc1nc(/C=C(\C)[C@@H]2C/C=C(/C)C/C=C/[C@H](C)[C@H](O)[C@@H](C)C(=O)C(C)(C)[C@@H](O)CC(=O)O2)co1. The standard InChI is InChI=1S/C27H39NO7/c1-16-9-8-10-17(2)24(31)19(4)25(32)27(5,6)22(29)14-23(30)35-21(12-11-16)18(3)13-20-15-34-26(28-20)33-7/h8,10-11,13,15,17,19,21-22,24,29,31H,9,12,14H2,1-7H3/b10-8+,16-11-,18-13+/t17-,19+,21-,22-,24-/m0/s1. The Kier molecular flexibility index (Phi) is 10.0. The zero-order valence-electron chi connectivity index (χ0n) is 21.8. The number of rotatable bonds is 3. The molecule has 0 saturated carbocycles. The topological polar surface area (TPSA) is 119 Å². The molecule has 2 heterocycles. The van der Waals surface area contributed by atoms with E-state index in [-0.39, 0.29) is 24.2 Å². The smallest absolute Gasteiger partial charge is 0.393 e. The van der Waals surface area contributed by atoms with Crippen LogP contribution in [0, 0.1) is 17.3 Å². The average molecular weight is 490 g/mol. The van der Waals surface area contributed by atoms with Crippen molar-refractivity contribution in [2.45, 2.75) is 79.1 Å². The molecule has 0 spiro atoms. The van der Waals surface area contributed by atoms with Crippen LogP contribution in [-0.4, -0.2) is 52.4 Å². The molecular formula is C27H39NO7. The quantitative estimate of drug-likeness (QED) is 0.477. The molecule has 0 radical (unpaired) electrons. The number of ketones is 1. The first-order chi connectivity index (χ1) is 16.4. The first kappa shape index (κ1) is 28.5. The van der Waals surface area contributed by atoms with Gasteiger partial charge in [-0.3, -0.25) is 9.59 Å². The summed E-state index contributed by atoms with van der Waals surface area (Å²) in [5.41, 5.74) is 1.09. The number of ether oxygens (including phenoxy) is 2. The van der Waals surface area contributed by atoms with Crippen molar-refractivity contribution in [3.63, 3.8) is 0 Å². The Bertz CT molecular complexity index is 972. The minimum absolute atomic E-state index is 0.130. The van der Waals surface area contributed by atoms with Gasteiger partial charge in [0.2, 0.25) is 0 Å². The fourth-order valence-electron chi connectivity index (χ4n) is 4.04. The number of cyclic esters (lactones) is 1. The third kappa shape index (κ3) is 7.64. The van der Waals surface area contributed by atoms with Gasteiger partial charge in [0.25, 0.3) is 0 Å². The number of hydrogen-bond donors (Lipinski definition) is 2. The number of aromatic nitrogens is 1. The maximum Gasteiger partial charge on any atom is 0.393 e. The zero-order valence-corrected chi connectivity index (χ0v) is 21.8. The molecule has 0 aromatic carbocycles. The largest absolute Gasteiger partial charge is 0.457 e. The van der Waals surface area contributed by atoms with E-state index >= 15 is 0 Å². The number of Topliss-reactive ketones (excluding diaryl/α,β-unsaturated/α-hetero) is 1. The molecule has 1 aromatic rings. The van der Waals surface area contributed by atoms with Crippen molar-refractivity contribution in [2.75, 3.05) is 7.11 Å². The molecule has 0 unspecified atom stereocenters. The number of hydrogen-bond acceptors (Lipinski definition) is 8. The lowest BCUT2D eigenvalue weighted by Gasteiger charge is -2.34.